The molecule has 2 saturated heterocycles. The zero-order valence-corrected chi connectivity index (χ0v) is 17.3. The monoisotopic (exact) mass is 414 g/mol. The Balaban J connectivity index is 1.81. The highest BCUT2D eigenvalue weighted by atomic mass is 32.2. The fraction of sp³-hybridized carbons (Fsp3) is 1.00. The summed E-state index contributed by atoms with van der Waals surface area (Å²) in [6.45, 7) is 8.29. The van der Waals surface area contributed by atoms with Crippen molar-refractivity contribution in [1.82, 2.24) is 18.1 Å². The first-order chi connectivity index (χ1) is 12.0. The molecule has 12 heteroatoms. The van der Waals surface area contributed by atoms with Crippen LogP contribution in [0.5, 0.6) is 0 Å². The van der Waals surface area contributed by atoms with Crippen LogP contribution in [0.3, 0.4) is 0 Å². The van der Waals surface area contributed by atoms with Crippen molar-refractivity contribution in [2.75, 3.05) is 39.3 Å². The summed E-state index contributed by atoms with van der Waals surface area (Å²) in [5.41, 5.74) is 0. The SMILES string of the molecule is C[C@@H]1CN(S(=O)(=O)NCCNS(=O)(=O)N2C[C@H](C)O[C@@H](C)C2)C[C@@H](C)O1. The molecule has 0 aliphatic carbocycles. The summed E-state index contributed by atoms with van der Waals surface area (Å²) in [4.78, 5) is 0. The third-order valence-electron chi connectivity index (χ3n) is 4.15. The van der Waals surface area contributed by atoms with Crippen molar-refractivity contribution in [3.63, 3.8) is 0 Å². The quantitative estimate of drug-likeness (QED) is 0.509. The second-order valence-corrected chi connectivity index (χ2v) is 10.5. The number of rotatable bonds is 7. The van der Waals surface area contributed by atoms with Crippen molar-refractivity contribution in [2.45, 2.75) is 52.1 Å². The first kappa shape index (κ1) is 22.0. The van der Waals surface area contributed by atoms with Crippen LogP contribution in [0.25, 0.3) is 0 Å². The van der Waals surface area contributed by atoms with Crippen molar-refractivity contribution in [1.29, 1.82) is 0 Å². The Morgan fingerprint density at radius 3 is 1.23 bits per heavy atom. The van der Waals surface area contributed by atoms with Gasteiger partial charge < -0.3 is 9.47 Å². The zero-order chi connectivity index (χ0) is 19.5. The number of hydrogen-bond acceptors (Lipinski definition) is 6. The maximum Gasteiger partial charge on any atom is 0.279 e. The van der Waals surface area contributed by atoms with Crippen molar-refractivity contribution < 1.29 is 26.3 Å². The summed E-state index contributed by atoms with van der Waals surface area (Å²) in [5.74, 6) is 0. The number of hydrogen-bond donors (Lipinski definition) is 2. The number of ether oxygens (including phenoxy) is 2. The molecule has 2 rings (SSSR count). The lowest BCUT2D eigenvalue weighted by Gasteiger charge is -2.35. The van der Waals surface area contributed by atoms with E-state index in [2.05, 4.69) is 9.44 Å². The molecule has 0 radical (unpaired) electrons. The maximum absolute atomic E-state index is 12.3. The second kappa shape index (κ2) is 8.78. The molecular formula is C14H30N4O6S2. The van der Waals surface area contributed by atoms with Gasteiger partial charge in [0.2, 0.25) is 0 Å². The van der Waals surface area contributed by atoms with E-state index in [9.17, 15) is 16.8 Å². The average Bonchev–Trinajstić information content (AvgIpc) is 2.50. The Labute approximate surface area is 156 Å². The van der Waals surface area contributed by atoms with E-state index < -0.39 is 20.4 Å². The van der Waals surface area contributed by atoms with E-state index in [1.807, 2.05) is 27.7 Å². The molecule has 0 amide bonds. The maximum atomic E-state index is 12.3. The number of nitrogens with one attached hydrogen (secondary N) is 2. The molecule has 2 aliphatic heterocycles. The van der Waals surface area contributed by atoms with Crippen LogP contribution in [0.2, 0.25) is 0 Å². The van der Waals surface area contributed by atoms with E-state index in [0.29, 0.717) is 0 Å². The lowest BCUT2D eigenvalue weighted by atomic mass is 10.3. The molecular weight excluding hydrogens is 384 g/mol. The minimum atomic E-state index is -3.67. The predicted molar refractivity (Wildman–Crippen MR) is 97.0 cm³/mol. The molecule has 0 aromatic rings. The number of nitrogens with zero attached hydrogens (tertiary/aromatic N) is 2. The molecule has 0 saturated carbocycles. The van der Waals surface area contributed by atoms with Crippen molar-refractivity contribution in [3.8, 4) is 0 Å². The Kier molecular flexibility index (Phi) is 7.41. The molecule has 0 spiro atoms. The Morgan fingerprint density at radius 1 is 0.692 bits per heavy atom. The van der Waals surface area contributed by atoms with Crippen LogP contribution >= 0.6 is 0 Å². The van der Waals surface area contributed by atoms with Crippen LogP contribution in [0.1, 0.15) is 27.7 Å². The lowest BCUT2D eigenvalue weighted by molar-refractivity contribution is -0.0446. The first-order valence-corrected chi connectivity index (χ1v) is 11.7. The summed E-state index contributed by atoms with van der Waals surface area (Å²) in [7, 11) is -7.35. The highest BCUT2D eigenvalue weighted by Crippen LogP contribution is 2.14. The van der Waals surface area contributed by atoms with Gasteiger partial charge in [-0.3, -0.25) is 0 Å². The molecule has 2 fully saturated rings. The van der Waals surface area contributed by atoms with E-state index in [4.69, 9.17) is 9.47 Å². The number of morpholine rings is 2. The Morgan fingerprint density at radius 2 is 0.962 bits per heavy atom. The molecule has 2 aliphatic rings. The highest BCUT2D eigenvalue weighted by molar-refractivity contribution is 7.87. The molecule has 0 aromatic carbocycles. The lowest BCUT2D eigenvalue weighted by Crippen LogP contribution is -2.54. The van der Waals surface area contributed by atoms with Gasteiger partial charge in [-0.15, -0.1) is 0 Å². The molecule has 0 aromatic heterocycles. The summed E-state index contributed by atoms with van der Waals surface area (Å²) < 4.78 is 67.9. The van der Waals surface area contributed by atoms with E-state index in [1.165, 1.54) is 8.61 Å². The van der Waals surface area contributed by atoms with Gasteiger partial charge >= 0.3 is 0 Å². The van der Waals surface area contributed by atoms with Crippen LogP contribution in [0.4, 0.5) is 0 Å². The van der Waals surface area contributed by atoms with Crippen molar-refractivity contribution >= 4 is 20.4 Å². The molecule has 2 heterocycles. The van der Waals surface area contributed by atoms with Crippen LogP contribution in [0, 0.1) is 0 Å². The smallest absolute Gasteiger partial charge is 0.279 e. The van der Waals surface area contributed by atoms with Crippen molar-refractivity contribution in [3.05, 3.63) is 0 Å². The fourth-order valence-corrected chi connectivity index (χ4v) is 5.91. The van der Waals surface area contributed by atoms with Gasteiger partial charge in [0, 0.05) is 39.3 Å². The standard InChI is InChI=1S/C14H30N4O6S2/c1-11-7-17(8-12(2)23-11)25(19,20)15-5-6-16-26(21,22)18-9-13(3)24-14(4)10-18/h11-16H,5-10H2,1-4H3/t11-,12-,13+,14+. The van der Waals surface area contributed by atoms with Gasteiger partial charge in [0.05, 0.1) is 24.4 Å². The molecule has 26 heavy (non-hydrogen) atoms. The van der Waals surface area contributed by atoms with Crippen LogP contribution < -0.4 is 9.44 Å². The summed E-state index contributed by atoms with van der Waals surface area (Å²) in [6, 6.07) is 0. The second-order valence-electron chi connectivity index (χ2n) is 6.95. The molecule has 10 nitrogen and oxygen atoms in total. The molecule has 4 atom stereocenters. The van der Waals surface area contributed by atoms with Gasteiger partial charge in [-0.05, 0) is 27.7 Å². The van der Waals surface area contributed by atoms with Crippen LogP contribution in [-0.4, -0.2) is 89.1 Å². The topological polar surface area (TPSA) is 117 Å². The highest BCUT2D eigenvalue weighted by Gasteiger charge is 2.32. The summed E-state index contributed by atoms with van der Waals surface area (Å²) >= 11 is 0. The molecule has 0 unspecified atom stereocenters. The minimum absolute atomic E-state index is 0.0306. The van der Waals surface area contributed by atoms with Crippen LogP contribution in [-0.2, 0) is 29.9 Å². The van der Waals surface area contributed by atoms with Gasteiger partial charge in [-0.1, -0.05) is 0 Å². The Bertz CT molecular complexity index is 593. The van der Waals surface area contributed by atoms with Gasteiger partial charge in [0.15, 0.2) is 0 Å². The van der Waals surface area contributed by atoms with Gasteiger partial charge in [-0.25, -0.2) is 9.44 Å². The third-order valence-corrected chi connectivity index (χ3v) is 7.24. The Hall–Kier alpha value is -0.340. The van der Waals surface area contributed by atoms with E-state index in [0.717, 1.165) is 0 Å². The average molecular weight is 415 g/mol. The molecule has 0 bridgehead atoms. The van der Waals surface area contributed by atoms with Gasteiger partial charge in [-0.2, -0.15) is 25.4 Å². The van der Waals surface area contributed by atoms with E-state index >= 15 is 0 Å². The molecule has 2 N–H and O–H groups in total. The summed E-state index contributed by atoms with van der Waals surface area (Å²) in [5, 5.41) is 0. The summed E-state index contributed by atoms with van der Waals surface area (Å²) in [6.07, 6.45) is -0.725. The van der Waals surface area contributed by atoms with E-state index in [1.54, 1.807) is 0 Å². The third kappa shape index (κ3) is 6.09. The predicted octanol–water partition coefficient (Wildman–Crippen LogP) is -1.13. The minimum Gasteiger partial charge on any atom is -0.373 e. The van der Waals surface area contributed by atoms with Crippen LogP contribution in [0.15, 0.2) is 0 Å². The largest absolute Gasteiger partial charge is 0.373 e. The van der Waals surface area contributed by atoms with Crippen molar-refractivity contribution in [2.24, 2.45) is 0 Å². The zero-order valence-electron chi connectivity index (χ0n) is 15.7. The van der Waals surface area contributed by atoms with Gasteiger partial charge in [0.1, 0.15) is 0 Å². The van der Waals surface area contributed by atoms with Gasteiger partial charge in [0.25, 0.3) is 20.4 Å². The normalized spacial score (nSPS) is 32.6. The molecule has 154 valence electrons. The first-order valence-electron chi connectivity index (χ1n) is 8.80. The fourth-order valence-electron chi connectivity index (χ4n) is 3.20. The van der Waals surface area contributed by atoms with E-state index in [-0.39, 0.29) is 63.7 Å².